The zero-order chi connectivity index (χ0) is 21.9. The van der Waals surface area contributed by atoms with Gasteiger partial charge in [0.05, 0.1) is 10.5 Å². The Kier molecular flexibility index (Phi) is 6.52. The van der Waals surface area contributed by atoms with Gasteiger partial charge in [0.25, 0.3) is 11.8 Å². The van der Waals surface area contributed by atoms with Crippen molar-refractivity contribution < 1.29 is 22.4 Å². The molecule has 1 aliphatic rings. The molecular weight excluding hydrogens is 409 g/mol. The summed E-state index contributed by atoms with van der Waals surface area (Å²) < 4.78 is 40.9. The van der Waals surface area contributed by atoms with E-state index in [0.29, 0.717) is 13.1 Å². The van der Waals surface area contributed by atoms with Crippen LogP contribution in [0.4, 0.5) is 4.39 Å². The van der Waals surface area contributed by atoms with E-state index in [1.165, 1.54) is 46.8 Å². The highest BCUT2D eigenvalue weighted by Crippen LogP contribution is 2.26. The lowest BCUT2D eigenvalue weighted by Crippen LogP contribution is -2.42. The van der Waals surface area contributed by atoms with Crippen molar-refractivity contribution in [2.45, 2.75) is 25.2 Å². The van der Waals surface area contributed by atoms with Crippen molar-refractivity contribution in [1.82, 2.24) is 15.2 Å². The van der Waals surface area contributed by atoms with Crippen LogP contribution in [0.3, 0.4) is 0 Å². The molecular formula is C21H24FN3O4S. The lowest BCUT2D eigenvalue weighted by Gasteiger charge is -2.34. The first kappa shape index (κ1) is 21.9. The number of amides is 2. The first-order valence-corrected chi connectivity index (χ1v) is 11.1. The molecule has 0 unspecified atom stereocenters. The molecule has 160 valence electrons. The van der Waals surface area contributed by atoms with E-state index in [9.17, 15) is 22.4 Å². The maximum Gasteiger partial charge on any atom is 0.272 e. The Morgan fingerprint density at radius 3 is 2.10 bits per heavy atom. The predicted molar refractivity (Wildman–Crippen MR) is 109 cm³/mol. The fourth-order valence-corrected chi connectivity index (χ4v) is 5.31. The Morgan fingerprint density at radius 1 is 0.933 bits per heavy atom. The molecule has 3 rings (SSSR count). The van der Waals surface area contributed by atoms with E-state index >= 15 is 0 Å². The van der Waals surface area contributed by atoms with Crippen LogP contribution in [0.1, 0.15) is 41.0 Å². The molecule has 1 aliphatic heterocycles. The summed E-state index contributed by atoms with van der Waals surface area (Å²) in [6, 6.07) is 10.9. The van der Waals surface area contributed by atoms with Gasteiger partial charge in [0.1, 0.15) is 5.82 Å². The van der Waals surface area contributed by atoms with Gasteiger partial charge in [-0.15, -0.1) is 0 Å². The maximum atomic E-state index is 13.6. The van der Waals surface area contributed by atoms with Gasteiger partial charge in [0, 0.05) is 18.7 Å². The molecule has 7 nitrogen and oxygen atoms in total. The van der Waals surface area contributed by atoms with E-state index in [1.54, 1.807) is 0 Å². The molecule has 1 saturated heterocycles. The van der Waals surface area contributed by atoms with E-state index in [1.807, 2.05) is 13.8 Å². The molecule has 2 amide bonds. The van der Waals surface area contributed by atoms with Gasteiger partial charge in [0.2, 0.25) is 10.0 Å². The van der Waals surface area contributed by atoms with Crippen molar-refractivity contribution in [3.8, 4) is 0 Å². The van der Waals surface area contributed by atoms with Crippen LogP contribution in [0.5, 0.6) is 0 Å². The highest BCUT2D eigenvalue weighted by molar-refractivity contribution is 7.89. The van der Waals surface area contributed by atoms with Gasteiger partial charge in [-0.25, -0.2) is 12.8 Å². The Balaban J connectivity index is 1.65. The summed E-state index contributed by atoms with van der Waals surface area (Å²) in [5.74, 6) is -1.59. The first-order valence-electron chi connectivity index (χ1n) is 9.64. The summed E-state index contributed by atoms with van der Waals surface area (Å²) in [7, 11) is -3.65. The number of carbonyl (C=O) groups is 2. The van der Waals surface area contributed by atoms with Crippen LogP contribution in [-0.2, 0) is 10.0 Å². The van der Waals surface area contributed by atoms with Gasteiger partial charge in [-0.2, -0.15) is 4.31 Å². The van der Waals surface area contributed by atoms with Crippen LogP contribution in [0, 0.1) is 17.7 Å². The summed E-state index contributed by atoms with van der Waals surface area (Å²) in [4.78, 5) is 24.3. The minimum atomic E-state index is -3.65. The lowest BCUT2D eigenvalue weighted by atomic mass is 9.94. The van der Waals surface area contributed by atoms with E-state index in [-0.39, 0.29) is 27.9 Å². The third-order valence-corrected chi connectivity index (χ3v) is 6.84. The van der Waals surface area contributed by atoms with Crippen LogP contribution >= 0.6 is 0 Å². The highest BCUT2D eigenvalue weighted by atomic mass is 32.2. The number of rotatable bonds is 4. The second-order valence-corrected chi connectivity index (χ2v) is 9.62. The van der Waals surface area contributed by atoms with Crippen molar-refractivity contribution in [2.24, 2.45) is 11.8 Å². The number of piperidine rings is 1. The minimum absolute atomic E-state index is 0.107. The van der Waals surface area contributed by atoms with Gasteiger partial charge in [0.15, 0.2) is 0 Å². The van der Waals surface area contributed by atoms with Crippen LogP contribution in [0.15, 0.2) is 53.4 Å². The molecule has 2 atom stereocenters. The van der Waals surface area contributed by atoms with E-state index in [0.717, 1.165) is 12.5 Å². The molecule has 0 aromatic heterocycles. The number of hydrazine groups is 1. The molecule has 1 heterocycles. The van der Waals surface area contributed by atoms with Crippen LogP contribution < -0.4 is 10.9 Å². The average Bonchev–Trinajstić information content (AvgIpc) is 2.71. The zero-order valence-corrected chi connectivity index (χ0v) is 17.6. The molecule has 0 saturated carbocycles. The lowest BCUT2D eigenvalue weighted by molar-refractivity contribution is 0.0844. The Bertz CT molecular complexity index is 1030. The quantitative estimate of drug-likeness (QED) is 0.725. The van der Waals surface area contributed by atoms with Gasteiger partial charge in [-0.3, -0.25) is 20.4 Å². The monoisotopic (exact) mass is 433 g/mol. The number of hydrogen-bond donors (Lipinski definition) is 2. The summed E-state index contributed by atoms with van der Waals surface area (Å²) in [6.45, 7) is 5.00. The third kappa shape index (κ3) is 4.85. The van der Waals surface area contributed by atoms with E-state index in [2.05, 4.69) is 10.9 Å². The SMILES string of the molecule is C[C@@H]1C[C@@H](C)CN(S(=O)(=O)c2ccc(C(=O)NNC(=O)c3ccccc3F)cc2)C1. The molecule has 2 aromatic rings. The normalized spacial score (nSPS) is 19.8. The fourth-order valence-electron chi connectivity index (χ4n) is 3.63. The number of nitrogens with one attached hydrogen (secondary N) is 2. The zero-order valence-electron chi connectivity index (χ0n) is 16.8. The molecule has 0 bridgehead atoms. The number of hydrogen-bond acceptors (Lipinski definition) is 4. The minimum Gasteiger partial charge on any atom is -0.267 e. The smallest absolute Gasteiger partial charge is 0.267 e. The number of sulfonamides is 1. The Morgan fingerprint density at radius 2 is 1.50 bits per heavy atom. The topological polar surface area (TPSA) is 95.6 Å². The molecule has 2 aromatic carbocycles. The molecule has 30 heavy (non-hydrogen) atoms. The summed E-state index contributed by atoms with van der Waals surface area (Å²) >= 11 is 0. The molecule has 0 spiro atoms. The van der Waals surface area contributed by atoms with Crippen molar-refractivity contribution in [2.75, 3.05) is 13.1 Å². The Hall–Kier alpha value is -2.78. The second-order valence-electron chi connectivity index (χ2n) is 7.68. The van der Waals surface area contributed by atoms with Gasteiger partial charge in [-0.05, 0) is 54.7 Å². The van der Waals surface area contributed by atoms with Gasteiger partial charge in [-0.1, -0.05) is 26.0 Å². The number of halogens is 1. The van der Waals surface area contributed by atoms with Crippen molar-refractivity contribution >= 4 is 21.8 Å². The number of benzene rings is 2. The molecule has 2 N–H and O–H groups in total. The molecule has 1 fully saturated rings. The van der Waals surface area contributed by atoms with E-state index in [4.69, 9.17) is 0 Å². The number of carbonyl (C=O) groups excluding carboxylic acids is 2. The van der Waals surface area contributed by atoms with Gasteiger partial charge < -0.3 is 0 Å². The fraction of sp³-hybridized carbons (Fsp3) is 0.333. The standard InChI is InChI=1S/C21H24FN3O4S/c1-14-11-15(2)13-25(12-14)30(28,29)17-9-7-16(8-10-17)20(26)23-24-21(27)18-5-3-4-6-19(18)22/h3-10,14-15H,11-13H2,1-2H3,(H,23,26)(H,24,27)/t14-,15-/m1/s1. The molecule has 0 aliphatic carbocycles. The first-order chi connectivity index (χ1) is 14.2. The summed E-state index contributed by atoms with van der Waals surface area (Å²) in [6.07, 6.45) is 0.990. The Labute approximate surface area is 175 Å². The molecule has 9 heteroatoms. The van der Waals surface area contributed by atoms with Gasteiger partial charge >= 0.3 is 0 Å². The van der Waals surface area contributed by atoms with Crippen molar-refractivity contribution in [3.05, 3.63) is 65.5 Å². The largest absolute Gasteiger partial charge is 0.272 e. The average molecular weight is 434 g/mol. The highest BCUT2D eigenvalue weighted by Gasteiger charge is 2.31. The third-order valence-electron chi connectivity index (χ3n) is 5.00. The number of nitrogens with zero attached hydrogens (tertiary/aromatic N) is 1. The molecule has 0 radical (unpaired) electrons. The predicted octanol–water partition coefficient (Wildman–Crippen LogP) is 2.57. The van der Waals surface area contributed by atoms with Crippen LogP contribution in [0.25, 0.3) is 0 Å². The van der Waals surface area contributed by atoms with Crippen LogP contribution in [0.2, 0.25) is 0 Å². The second kappa shape index (κ2) is 8.93. The maximum absolute atomic E-state index is 13.6. The summed E-state index contributed by atoms with van der Waals surface area (Å²) in [5.41, 5.74) is 4.28. The van der Waals surface area contributed by atoms with Crippen LogP contribution in [-0.4, -0.2) is 37.6 Å². The van der Waals surface area contributed by atoms with E-state index < -0.39 is 27.7 Å². The van der Waals surface area contributed by atoms with Crippen molar-refractivity contribution in [1.29, 1.82) is 0 Å². The summed E-state index contributed by atoms with van der Waals surface area (Å²) in [5, 5.41) is 0. The van der Waals surface area contributed by atoms with Crippen molar-refractivity contribution in [3.63, 3.8) is 0 Å².